The number of benzene rings is 2. The zero-order valence-electron chi connectivity index (χ0n) is 16.4. The molecule has 0 saturated heterocycles. The molecule has 1 heterocycles. The highest BCUT2D eigenvalue weighted by Crippen LogP contribution is 2.23. The van der Waals surface area contributed by atoms with Gasteiger partial charge in [0.15, 0.2) is 14.9 Å². The molecule has 0 aliphatic heterocycles. The predicted molar refractivity (Wildman–Crippen MR) is 114 cm³/mol. The van der Waals surface area contributed by atoms with E-state index in [4.69, 9.17) is 4.74 Å². The average molecular weight is 448 g/mol. The van der Waals surface area contributed by atoms with Gasteiger partial charge in [0, 0.05) is 11.3 Å². The Kier molecular flexibility index (Phi) is 6.37. The standard InChI is InChI=1S/C20H21N3O5S2/c1-3-28-17-9-11-18(12-10-17)30(26,27)23-16-7-5-15(6-8-16)19-13-14-20(22-21-19)29(24,25)4-2/h5-14,23H,3-4H2,1-2H3. The van der Waals surface area contributed by atoms with Crippen LogP contribution in [-0.2, 0) is 19.9 Å². The number of sulfone groups is 1. The maximum absolute atomic E-state index is 12.6. The lowest BCUT2D eigenvalue weighted by molar-refractivity contribution is 0.340. The minimum atomic E-state index is -3.75. The lowest BCUT2D eigenvalue weighted by atomic mass is 10.1. The van der Waals surface area contributed by atoms with E-state index in [1.165, 1.54) is 25.1 Å². The smallest absolute Gasteiger partial charge is 0.261 e. The van der Waals surface area contributed by atoms with Crippen molar-refractivity contribution in [3.8, 4) is 17.0 Å². The summed E-state index contributed by atoms with van der Waals surface area (Å²) in [4.78, 5) is 0.119. The van der Waals surface area contributed by atoms with Crippen LogP contribution in [0.15, 0.2) is 70.6 Å². The molecule has 3 rings (SSSR count). The molecule has 0 amide bonds. The van der Waals surface area contributed by atoms with Gasteiger partial charge in [-0.05, 0) is 55.5 Å². The minimum absolute atomic E-state index is 0.0514. The van der Waals surface area contributed by atoms with Crippen LogP contribution in [0.3, 0.4) is 0 Å². The lowest BCUT2D eigenvalue weighted by Crippen LogP contribution is -2.12. The van der Waals surface area contributed by atoms with Crippen molar-refractivity contribution in [3.63, 3.8) is 0 Å². The Morgan fingerprint density at radius 1 is 0.833 bits per heavy atom. The van der Waals surface area contributed by atoms with Gasteiger partial charge in [-0.2, -0.15) is 0 Å². The SMILES string of the molecule is CCOc1ccc(S(=O)(=O)Nc2ccc(-c3ccc(S(=O)(=O)CC)nn3)cc2)cc1. The summed E-state index contributed by atoms with van der Waals surface area (Å²) in [6, 6.07) is 15.7. The number of rotatable bonds is 8. The van der Waals surface area contributed by atoms with Gasteiger partial charge in [-0.1, -0.05) is 19.1 Å². The minimum Gasteiger partial charge on any atom is -0.494 e. The lowest BCUT2D eigenvalue weighted by Gasteiger charge is -2.10. The van der Waals surface area contributed by atoms with Crippen LogP contribution in [0.25, 0.3) is 11.3 Å². The van der Waals surface area contributed by atoms with Gasteiger partial charge in [-0.15, -0.1) is 10.2 Å². The van der Waals surface area contributed by atoms with Crippen LogP contribution in [-0.4, -0.2) is 39.4 Å². The van der Waals surface area contributed by atoms with E-state index in [-0.39, 0.29) is 15.7 Å². The van der Waals surface area contributed by atoms with Gasteiger partial charge in [-0.25, -0.2) is 16.8 Å². The molecule has 0 aliphatic carbocycles. The summed E-state index contributed by atoms with van der Waals surface area (Å²) in [5, 5.41) is 7.66. The summed E-state index contributed by atoms with van der Waals surface area (Å²) in [7, 11) is -7.16. The maximum Gasteiger partial charge on any atom is 0.261 e. The van der Waals surface area contributed by atoms with Crippen molar-refractivity contribution in [1.82, 2.24) is 10.2 Å². The normalized spacial score (nSPS) is 11.8. The van der Waals surface area contributed by atoms with Gasteiger partial charge >= 0.3 is 0 Å². The maximum atomic E-state index is 12.6. The van der Waals surface area contributed by atoms with Crippen LogP contribution in [0, 0.1) is 0 Å². The number of ether oxygens (including phenoxy) is 1. The molecule has 0 atom stereocenters. The molecule has 10 heteroatoms. The van der Waals surface area contributed by atoms with E-state index in [1.807, 2.05) is 6.92 Å². The second-order valence-electron chi connectivity index (χ2n) is 6.25. The van der Waals surface area contributed by atoms with Crippen LogP contribution >= 0.6 is 0 Å². The third-order valence-corrected chi connectivity index (χ3v) is 7.23. The molecule has 158 valence electrons. The number of anilines is 1. The third-order valence-electron chi connectivity index (χ3n) is 4.22. The Hall–Kier alpha value is -2.98. The number of nitrogens with zero attached hydrogens (tertiary/aromatic N) is 2. The molecular formula is C20H21N3O5S2. The Labute approximate surface area is 175 Å². The van der Waals surface area contributed by atoms with Crippen molar-refractivity contribution < 1.29 is 21.6 Å². The molecule has 0 spiro atoms. The van der Waals surface area contributed by atoms with Gasteiger partial charge in [0.25, 0.3) is 10.0 Å². The third kappa shape index (κ3) is 4.95. The van der Waals surface area contributed by atoms with Crippen molar-refractivity contribution >= 4 is 25.5 Å². The Morgan fingerprint density at radius 3 is 2.03 bits per heavy atom. The van der Waals surface area contributed by atoms with E-state index in [2.05, 4.69) is 14.9 Å². The van der Waals surface area contributed by atoms with Crippen LogP contribution in [0.5, 0.6) is 5.75 Å². The topological polar surface area (TPSA) is 115 Å². The Morgan fingerprint density at radius 2 is 1.50 bits per heavy atom. The van der Waals surface area contributed by atoms with Gasteiger partial charge in [0.05, 0.1) is 22.9 Å². The van der Waals surface area contributed by atoms with Crippen LogP contribution in [0.2, 0.25) is 0 Å². The molecule has 0 saturated carbocycles. The number of nitrogens with one attached hydrogen (secondary N) is 1. The van der Waals surface area contributed by atoms with Crippen molar-refractivity contribution in [1.29, 1.82) is 0 Å². The van der Waals surface area contributed by atoms with Crippen molar-refractivity contribution in [2.45, 2.75) is 23.8 Å². The van der Waals surface area contributed by atoms with Crippen LogP contribution < -0.4 is 9.46 Å². The van der Waals surface area contributed by atoms with E-state index >= 15 is 0 Å². The molecule has 1 aromatic heterocycles. The highest BCUT2D eigenvalue weighted by atomic mass is 32.2. The fourth-order valence-corrected chi connectivity index (χ4v) is 4.39. The Balaban J connectivity index is 1.75. The molecule has 0 unspecified atom stereocenters. The first kappa shape index (κ1) is 21.7. The fraction of sp³-hybridized carbons (Fsp3) is 0.200. The fourth-order valence-electron chi connectivity index (χ4n) is 2.59. The van der Waals surface area contributed by atoms with Gasteiger partial charge in [0.1, 0.15) is 5.75 Å². The first-order valence-electron chi connectivity index (χ1n) is 9.18. The summed E-state index contributed by atoms with van der Waals surface area (Å²) < 4.78 is 56.6. The molecule has 0 bridgehead atoms. The molecule has 2 aromatic carbocycles. The number of hydrogen-bond donors (Lipinski definition) is 1. The molecule has 0 aliphatic rings. The highest BCUT2D eigenvalue weighted by molar-refractivity contribution is 7.92. The predicted octanol–water partition coefficient (Wildman–Crippen LogP) is 3.14. The first-order valence-corrected chi connectivity index (χ1v) is 12.3. The van der Waals surface area contributed by atoms with Crippen LogP contribution in [0.1, 0.15) is 13.8 Å². The van der Waals surface area contributed by atoms with Gasteiger partial charge in [0.2, 0.25) is 0 Å². The van der Waals surface area contributed by atoms with Crippen molar-refractivity contribution in [2.75, 3.05) is 17.1 Å². The zero-order chi connectivity index (χ0) is 21.8. The summed E-state index contributed by atoms with van der Waals surface area (Å²) in [5.41, 5.74) is 1.53. The second-order valence-corrected chi connectivity index (χ2v) is 10.2. The molecule has 30 heavy (non-hydrogen) atoms. The van der Waals surface area contributed by atoms with Gasteiger partial charge in [-0.3, -0.25) is 4.72 Å². The zero-order valence-corrected chi connectivity index (χ0v) is 18.1. The quantitative estimate of drug-likeness (QED) is 0.564. The van der Waals surface area contributed by atoms with E-state index in [1.54, 1.807) is 42.5 Å². The molecule has 8 nitrogen and oxygen atoms in total. The Bertz CT molecular complexity index is 1210. The van der Waals surface area contributed by atoms with E-state index in [0.29, 0.717) is 29.3 Å². The van der Waals surface area contributed by atoms with Crippen molar-refractivity contribution in [2.24, 2.45) is 0 Å². The molecule has 3 aromatic rings. The first-order chi connectivity index (χ1) is 14.2. The van der Waals surface area contributed by atoms with Crippen LogP contribution in [0.4, 0.5) is 5.69 Å². The number of sulfonamides is 1. The highest BCUT2D eigenvalue weighted by Gasteiger charge is 2.16. The average Bonchev–Trinajstić information content (AvgIpc) is 2.75. The second kappa shape index (κ2) is 8.80. The number of aromatic nitrogens is 2. The summed E-state index contributed by atoms with van der Waals surface area (Å²) in [6.45, 7) is 3.89. The monoisotopic (exact) mass is 447 g/mol. The van der Waals surface area contributed by atoms with Crippen molar-refractivity contribution in [3.05, 3.63) is 60.7 Å². The molecule has 0 fully saturated rings. The number of hydrogen-bond acceptors (Lipinski definition) is 7. The summed E-state index contributed by atoms with van der Waals surface area (Å²) in [5.74, 6) is 0.546. The summed E-state index contributed by atoms with van der Waals surface area (Å²) in [6.07, 6.45) is 0. The molecular weight excluding hydrogens is 426 g/mol. The van der Waals surface area contributed by atoms with E-state index in [9.17, 15) is 16.8 Å². The summed E-state index contributed by atoms with van der Waals surface area (Å²) >= 11 is 0. The van der Waals surface area contributed by atoms with E-state index in [0.717, 1.165) is 0 Å². The molecule has 0 radical (unpaired) electrons. The van der Waals surface area contributed by atoms with Gasteiger partial charge < -0.3 is 4.74 Å². The largest absolute Gasteiger partial charge is 0.494 e. The molecule has 1 N–H and O–H groups in total. The van der Waals surface area contributed by atoms with E-state index < -0.39 is 19.9 Å².